The molecule has 0 aliphatic heterocycles. The maximum absolute atomic E-state index is 13.1. The van der Waals surface area contributed by atoms with E-state index in [1.165, 1.54) is 37.8 Å². The summed E-state index contributed by atoms with van der Waals surface area (Å²) in [6, 6.07) is 5.14. The molecule has 0 saturated heterocycles. The Balaban J connectivity index is 1.95. The van der Waals surface area contributed by atoms with E-state index in [0.717, 1.165) is 11.3 Å². The van der Waals surface area contributed by atoms with E-state index >= 15 is 0 Å². The predicted molar refractivity (Wildman–Crippen MR) is 72.7 cm³/mol. The van der Waals surface area contributed by atoms with Gasteiger partial charge in [0.05, 0.1) is 0 Å². The van der Waals surface area contributed by atoms with Crippen molar-refractivity contribution in [3.05, 3.63) is 29.6 Å². The first kappa shape index (κ1) is 12.3. The Morgan fingerprint density at radius 2 is 2.06 bits per heavy atom. The molecule has 2 nitrogen and oxygen atoms in total. The average molecular weight is 252 g/mol. The average Bonchev–Trinajstić information content (AvgIpc) is 2.76. The fourth-order valence-corrected chi connectivity index (χ4v) is 2.42. The van der Waals surface area contributed by atoms with E-state index in [4.69, 9.17) is 12.2 Å². The summed E-state index contributed by atoms with van der Waals surface area (Å²) in [5.41, 5.74) is 1.72. The third-order valence-electron chi connectivity index (χ3n) is 3.14. The van der Waals surface area contributed by atoms with Crippen molar-refractivity contribution in [2.75, 3.05) is 5.32 Å². The molecule has 2 N–H and O–H groups in total. The van der Waals surface area contributed by atoms with Crippen LogP contribution < -0.4 is 10.6 Å². The van der Waals surface area contributed by atoms with Crippen LogP contribution in [0.4, 0.5) is 10.1 Å². The molecule has 1 aliphatic carbocycles. The first-order chi connectivity index (χ1) is 8.15. The molecule has 0 bridgehead atoms. The Morgan fingerprint density at radius 1 is 1.35 bits per heavy atom. The van der Waals surface area contributed by atoms with Crippen molar-refractivity contribution >= 4 is 23.0 Å². The van der Waals surface area contributed by atoms with Crippen molar-refractivity contribution in [3.63, 3.8) is 0 Å². The number of hydrogen-bond acceptors (Lipinski definition) is 1. The van der Waals surface area contributed by atoms with Gasteiger partial charge in [-0.15, -0.1) is 0 Å². The molecule has 0 aromatic heterocycles. The molecule has 2 rings (SSSR count). The summed E-state index contributed by atoms with van der Waals surface area (Å²) in [6.07, 6.45) is 4.87. The van der Waals surface area contributed by atoms with Gasteiger partial charge < -0.3 is 10.6 Å². The fourth-order valence-electron chi connectivity index (χ4n) is 2.14. The van der Waals surface area contributed by atoms with Crippen LogP contribution in [-0.4, -0.2) is 11.2 Å². The molecule has 17 heavy (non-hydrogen) atoms. The van der Waals surface area contributed by atoms with Gasteiger partial charge in [-0.1, -0.05) is 18.9 Å². The molecular weight excluding hydrogens is 235 g/mol. The van der Waals surface area contributed by atoms with Gasteiger partial charge in [-0.3, -0.25) is 0 Å². The van der Waals surface area contributed by atoms with E-state index in [9.17, 15) is 4.39 Å². The van der Waals surface area contributed by atoms with E-state index in [2.05, 4.69) is 10.6 Å². The van der Waals surface area contributed by atoms with Crippen LogP contribution in [0.2, 0.25) is 0 Å². The third-order valence-corrected chi connectivity index (χ3v) is 3.36. The maximum Gasteiger partial charge on any atom is 0.171 e. The zero-order valence-corrected chi connectivity index (χ0v) is 10.7. The summed E-state index contributed by atoms with van der Waals surface area (Å²) in [5.74, 6) is -0.248. The number of benzene rings is 1. The second-order valence-electron chi connectivity index (χ2n) is 4.54. The quantitative estimate of drug-likeness (QED) is 0.789. The molecule has 1 aliphatic rings. The van der Waals surface area contributed by atoms with Gasteiger partial charge in [-0.2, -0.15) is 0 Å². The standard InChI is InChI=1S/C13H17FN2S/c1-9-6-7-10(14)8-12(9)16-13(17)15-11-4-2-3-5-11/h6-8,11H,2-5H2,1H3,(H2,15,16,17). The van der Waals surface area contributed by atoms with Crippen molar-refractivity contribution in [1.29, 1.82) is 0 Å². The van der Waals surface area contributed by atoms with Gasteiger partial charge in [0.2, 0.25) is 0 Å². The Kier molecular flexibility index (Phi) is 3.94. The normalized spacial score (nSPS) is 15.9. The highest BCUT2D eigenvalue weighted by Gasteiger charge is 2.15. The molecule has 0 unspecified atom stereocenters. The zero-order chi connectivity index (χ0) is 12.3. The lowest BCUT2D eigenvalue weighted by Crippen LogP contribution is -2.36. The lowest BCUT2D eigenvalue weighted by molar-refractivity contribution is 0.627. The van der Waals surface area contributed by atoms with Crippen LogP contribution in [0.1, 0.15) is 31.2 Å². The van der Waals surface area contributed by atoms with E-state index in [1.807, 2.05) is 6.92 Å². The summed E-state index contributed by atoms with van der Waals surface area (Å²) in [6.45, 7) is 1.93. The topological polar surface area (TPSA) is 24.1 Å². The molecule has 1 aromatic carbocycles. The Hall–Kier alpha value is -1.16. The molecule has 0 spiro atoms. The summed E-state index contributed by atoms with van der Waals surface area (Å²) >= 11 is 5.23. The minimum absolute atomic E-state index is 0.248. The smallest absolute Gasteiger partial charge is 0.171 e. The third kappa shape index (κ3) is 3.40. The minimum Gasteiger partial charge on any atom is -0.360 e. The van der Waals surface area contributed by atoms with Crippen LogP contribution in [0.5, 0.6) is 0 Å². The van der Waals surface area contributed by atoms with E-state index in [1.54, 1.807) is 6.07 Å². The van der Waals surface area contributed by atoms with Gasteiger partial charge in [0.1, 0.15) is 5.82 Å². The van der Waals surface area contributed by atoms with Crippen LogP contribution in [0, 0.1) is 12.7 Å². The lowest BCUT2D eigenvalue weighted by atomic mass is 10.2. The highest BCUT2D eigenvalue weighted by Crippen LogP contribution is 2.19. The van der Waals surface area contributed by atoms with Crippen LogP contribution in [0.3, 0.4) is 0 Å². The van der Waals surface area contributed by atoms with Crippen molar-refractivity contribution < 1.29 is 4.39 Å². The van der Waals surface area contributed by atoms with Gasteiger partial charge in [-0.05, 0) is 49.7 Å². The first-order valence-corrected chi connectivity index (χ1v) is 6.39. The number of thiocarbonyl (C=S) groups is 1. The summed E-state index contributed by atoms with van der Waals surface area (Å²) in [7, 11) is 0. The highest BCUT2D eigenvalue weighted by molar-refractivity contribution is 7.80. The predicted octanol–water partition coefficient (Wildman–Crippen LogP) is 3.36. The van der Waals surface area contributed by atoms with Gasteiger partial charge in [-0.25, -0.2) is 4.39 Å². The number of hydrogen-bond donors (Lipinski definition) is 2. The van der Waals surface area contributed by atoms with E-state index < -0.39 is 0 Å². The van der Waals surface area contributed by atoms with Gasteiger partial charge in [0, 0.05) is 11.7 Å². The van der Waals surface area contributed by atoms with Gasteiger partial charge in [0.15, 0.2) is 5.11 Å². The van der Waals surface area contributed by atoms with Crippen molar-refractivity contribution in [1.82, 2.24) is 5.32 Å². The summed E-state index contributed by atoms with van der Waals surface area (Å²) in [4.78, 5) is 0. The van der Waals surface area contributed by atoms with Gasteiger partial charge >= 0.3 is 0 Å². The molecule has 0 amide bonds. The van der Waals surface area contributed by atoms with Crippen LogP contribution in [0.15, 0.2) is 18.2 Å². The van der Waals surface area contributed by atoms with Crippen molar-refractivity contribution in [3.8, 4) is 0 Å². The number of nitrogens with one attached hydrogen (secondary N) is 2. The van der Waals surface area contributed by atoms with Crippen LogP contribution in [0.25, 0.3) is 0 Å². The van der Waals surface area contributed by atoms with Gasteiger partial charge in [0.25, 0.3) is 0 Å². The van der Waals surface area contributed by atoms with E-state index in [0.29, 0.717) is 11.2 Å². The molecule has 1 fully saturated rings. The maximum atomic E-state index is 13.1. The molecular formula is C13H17FN2S. The first-order valence-electron chi connectivity index (χ1n) is 5.99. The molecule has 1 saturated carbocycles. The minimum atomic E-state index is -0.248. The lowest BCUT2D eigenvalue weighted by Gasteiger charge is -2.16. The van der Waals surface area contributed by atoms with Crippen LogP contribution in [-0.2, 0) is 0 Å². The Morgan fingerprint density at radius 3 is 2.76 bits per heavy atom. The molecule has 0 heterocycles. The molecule has 0 radical (unpaired) electrons. The number of rotatable bonds is 2. The van der Waals surface area contributed by atoms with E-state index in [-0.39, 0.29) is 5.82 Å². The fraction of sp³-hybridized carbons (Fsp3) is 0.462. The summed E-state index contributed by atoms with van der Waals surface area (Å²) in [5, 5.41) is 6.92. The molecule has 92 valence electrons. The number of halogens is 1. The number of anilines is 1. The Labute approximate surface area is 107 Å². The second-order valence-corrected chi connectivity index (χ2v) is 4.95. The summed E-state index contributed by atoms with van der Waals surface area (Å²) < 4.78 is 13.1. The molecule has 4 heteroatoms. The van der Waals surface area contributed by atoms with Crippen molar-refractivity contribution in [2.24, 2.45) is 0 Å². The number of aryl methyl sites for hydroxylation is 1. The molecule has 1 aromatic rings. The highest BCUT2D eigenvalue weighted by atomic mass is 32.1. The SMILES string of the molecule is Cc1ccc(F)cc1NC(=S)NC1CCCC1. The Bertz CT molecular complexity index is 414. The second kappa shape index (κ2) is 5.45. The zero-order valence-electron chi connectivity index (χ0n) is 9.92. The van der Waals surface area contributed by atoms with Crippen LogP contribution >= 0.6 is 12.2 Å². The monoisotopic (exact) mass is 252 g/mol. The molecule has 0 atom stereocenters. The van der Waals surface area contributed by atoms with Crippen molar-refractivity contribution in [2.45, 2.75) is 38.6 Å². The largest absolute Gasteiger partial charge is 0.360 e.